The quantitative estimate of drug-likeness (QED) is 0.678. The first kappa shape index (κ1) is 16.5. The van der Waals surface area contributed by atoms with Gasteiger partial charge >= 0.3 is 6.15 Å². The number of benzene rings is 1. The van der Waals surface area contributed by atoms with Crippen molar-refractivity contribution in [3.8, 4) is 0 Å². The number of amides is 1. The standard InChI is InChI=1S/C13H16N2O3.CO2/c16-13(14-10-6-2-1-3-7-10)11-8-4-5-9-12(11)15(17)18;2-1-3/h4-5,8-10H,1-3,6-7H2,(H,14,16);. The summed E-state index contributed by atoms with van der Waals surface area (Å²) in [5.74, 6) is -0.339. The minimum atomic E-state index is -0.518. The highest BCUT2D eigenvalue weighted by molar-refractivity contribution is 5.98. The van der Waals surface area contributed by atoms with Crippen LogP contribution in [-0.2, 0) is 9.59 Å². The molecule has 0 bridgehead atoms. The van der Waals surface area contributed by atoms with Crippen LogP contribution in [0.4, 0.5) is 5.69 Å². The zero-order chi connectivity index (χ0) is 15.7. The Labute approximate surface area is 121 Å². The van der Waals surface area contributed by atoms with Crippen molar-refractivity contribution in [3.05, 3.63) is 39.9 Å². The second-order valence-corrected chi connectivity index (χ2v) is 4.67. The SMILES string of the molecule is O=C(NC1CCCCC1)c1ccccc1[N+](=O)[O-].O=C=O. The van der Waals surface area contributed by atoms with E-state index < -0.39 is 4.92 Å². The van der Waals surface area contributed by atoms with Crippen molar-refractivity contribution in [1.82, 2.24) is 5.32 Å². The molecule has 0 heterocycles. The van der Waals surface area contributed by atoms with Gasteiger partial charge in [-0.2, -0.15) is 9.59 Å². The number of hydrogen-bond acceptors (Lipinski definition) is 5. The van der Waals surface area contributed by atoms with Crippen LogP contribution in [0.25, 0.3) is 0 Å². The maximum Gasteiger partial charge on any atom is 0.373 e. The Morgan fingerprint density at radius 1 is 1.19 bits per heavy atom. The Morgan fingerprint density at radius 2 is 1.76 bits per heavy atom. The van der Waals surface area contributed by atoms with Gasteiger partial charge in [0.05, 0.1) is 4.92 Å². The first-order chi connectivity index (χ1) is 10.1. The summed E-state index contributed by atoms with van der Waals surface area (Å²) in [6, 6.07) is 6.22. The number of nitrogens with zero attached hydrogens (tertiary/aromatic N) is 1. The number of hydrogen-bond donors (Lipinski definition) is 1. The molecule has 21 heavy (non-hydrogen) atoms. The van der Waals surface area contributed by atoms with Crippen molar-refractivity contribution in [3.63, 3.8) is 0 Å². The van der Waals surface area contributed by atoms with E-state index in [2.05, 4.69) is 5.32 Å². The lowest BCUT2D eigenvalue weighted by atomic mass is 9.95. The third-order valence-corrected chi connectivity index (χ3v) is 3.29. The fourth-order valence-electron chi connectivity index (χ4n) is 2.33. The van der Waals surface area contributed by atoms with E-state index in [1.54, 1.807) is 12.1 Å². The van der Waals surface area contributed by atoms with Gasteiger partial charge in [-0.1, -0.05) is 31.4 Å². The summed E-state index contributed by atoms with van der Waals surface area (Å²) in [4.78, 5) is 38.6. The fraction of sp³-hybridized carbons (Fsp3) is 0.429. The van der Waals surface area contributed by atoms with Crippen LogP contribution in [0, 0.1) is 10.1 Å². The molecule has 1 amide bonds. The molecule has 0 aliphatic heterocycles. The largest absolute Gasteiger partial charge is 0.373 e. The van der Waals surface area contributed by atoms with Crippen LogP contribution in [0.2, 0.25) is 0 Å². The lowest BCUT2D eigenvalue weighted by molar-refractivity contribution is -0.385. The lowest BCUT2D eigenvalue weighted by Gasteiger charge is -2.22. The van der Waals surface area contributed by atoms with E-state index in [1.165, 1.54) is 18.6 Å². The van der Waals surface area contributed by atoms with Gasteiger partial charge in [-0.15, -0.1) is 0 Å². The second kappa shape index (κ2) is 8.60. The summed E-state index contributed by atoms with van der Waals surface area (Å²) in [7, 11) is 0. The molecule has 0 aromatic heterocycles. The Hall–Kier alpha value is -2.53. The third-order valence-electron chi connectivity index (χ3n) is 3.29. The van der Waals surface area contributed by atoms with Gasteiger partial charge in [-0.05, 0) is 18.9 Å². The molecule has 1 aromatic carbocycles. The molecular formula is C14H16N2O5. The molecule has 1 aliphatic carbocycles. The van der Waals surface area contributed by atoms with Crippen molar-refractivity contribution in [2.45, 2.75) is 38.1 Å². The zero-order valence-corrected chi connectivity index (χ0v) is 11.4. The molecule has 7 nitrogen and oxygen atoms in total. The Morgan fingerprint density at radius 3 is 2.33 bits per heavy atom. The van der Waals surface area contributed by atoms with Crippen molar-refractivity contribution in [2.24, 2.45) is 0 Å². The molecule has 0 unspecified atom stereocenters. The fourth-order valence-corrected chi connectivity index (χ4v) is 2.33. The number of nitro benzene ring substituents is 1. The van der Waals surface area contributed by atoms with Gasteiger partial charge in [0, 0.05) is 12.1 Å². The molecule has 7 heteroatoms. The summed E-state index contributed by atoms with van der Waals surface area (Å²) in [5.41, 5.74) is 0.0129. The number of para-hydroxylation sites is 1. The van der Waals surface area contributed by atoms with Gasteiger partial charge in [-0.25, -0.2) is 0 Å². The van der Waals surface area contributed by atoms with E-state index in [0.29, 0.717) is 0 Å². The molecule has 112 valence electrons. The number of carbonyl (C=O) groups excluding carboxylic acids is 3. The average molecular weight is 292 g/mol. The molecule has 0 atom stereocenters. The van der Waals surface area contributed by atoms with Gasteiger partial charge in [0.2, 0.25) is 0 Å². The van der Waals surface area contributed by atoms with Crippen molar-refractivity contribution >= 4 is 17.7 Å². The first-order valence-corrected chi connectivity index (χ1v) is 6.63. The molecule has 0 spiro atoms. The van der Waals surface area contributed by atoms with Crippen LogP contribution in [0.15, 0.2) is 24.3 Å². The average Bonchev–Trinajstić information content (AvgIpc) is 2.49. The van der Waals surface area contributed by atoms with E-state index in [4.69, 9.17) is 9.59 Å². The number of rotatable bonds is 3. The smallest absolute Gasteiger partial charge is 0.349 e. The highest BCUT2D eigenvalue weighted by atomic mass is 16.6. The van der Waals surface area contributed by atoms with Gasteiger partial charge in [-0.3, -0.25) is 14.9 Å². The molecule has 1 aliphatic rings. The van der Waals surface area contributed by atoms with Crippen LogP contribution in [0.5, 0.6) is 0 Å². The van der Waals surface area contributed by atoms with Crippen LogP contribution in [0.3, 0.4) is 0 Å². The third kappa shape index (κ3) is 5.16. The highest BCUT2D eigenvalue weighted by Crippen LogP contribution is 2.20. The summed E-state index contributed by atoms with van der Waals surface area (Å²) in [5, 5.41) is 13.7. The Balaban J connectivity index is 0.000000677. The van der Waals surface area contributed by atoms with Gasteiger partial charge in [0.15, 0.2) is 0 Å². The van der Waals surface area contributed by atoms with Crippen LogP contribution < -0.4 is 5.32 Å². The summed E-state index contributed by atoms with van der Waals surface area (Å²) in [6.07, 6.45) is 5.61. The van der Waals surface area contributed by atoms with Gasteiger partial charge in [0.1, 0.15) is 5.56 Å². The van der Waals surface area contributed by atoms with Crippen molar-refractivity contribution in [1.29, 1.82) is 0 Å². The lowest BCUT2D eigenvalue weighted by Crippen LogP contribution is -2.36. The maximum absolute atomic E-state index is 12.0. The molecular weight excluding hydrogens is 276 g/mol. The minimum absolute atomic E-state index is 0.134. The first-order valence-electron chi connectivity index (χ1n) is 6.63. The van der Waals surface area contributed by atoms with Crippen molar-refractivity contribution in [2.75, 3.05) is 0 Å². The number of carbonyl (C=O) groups is 1. The molecule has 0 radical (unpaired) electrons. The Kier molecular flexibility index (Phi) is 6.77. The molecule has 1 aromatic rings. The molecule has 1 saturated carbocycles. The zero-order valence-electron chi connectivity index (χ0n) is 11.4. The molecule has 2 rings (SSSR count). The Bertz CT molecular complexity index is 532. The van der Waals surface area contributed by atoms with E-state index in [0.717, 1.165) is 25.7 Å². The van der Waals surface area contributed by atoms with Crippen molar-refractivity contribution < 1.29 is 19.3 Å². The van der Waals surface area contributed by atoms with E-state index >= 15 is 0 Å². The van der Waals surface area contributed by atoms with E-state index in [9.17, 15) is 14.9 Å². The van der Waals surface area contributed by atoms with Gasteiger partial charge < -0.3 is 5.32 Å². The van der Waals surface area contributed by atoms with E-state index in [-0.39, 0.29) is 29.4 Å². The summed E-state index contributed by atoms with van der Waals surface area (Å²) >= 11 is 0. The van der Waals surface area contributed by atoms with Crippen LogP contribution >= 0.6 is 0 Å². The summed E-state index contributed by atoms with van der Waals surface area (Å²) < 4.78 is 0. The molecule has 0 saturated heterocycles. The number of nitro groups is 1. The normalized spacial score (nSPS) is 14.3. The second-order valence-electron chi connectivity index (χ2n) is 4.67. The predicted octanol–water partition coefficient (Wildman–Crippen LogP) is 2.07. The topological polar surface area (TPSA) is 106 Å². The summed E-state index contributed by atoms with van der Waals surface area (Å²) in [6.45, 7) is 0. The monoisotopic (exact) mass is 292 g/mol. The number of nitrogens with one attached hydrogen (secondary N) is 1. The van der Waals surface area contributed by atoms with Crippen LogP contribution in [-0.4, -0.2) is 23.0 Å². The maximum atomic E-state index is 12.0. The van der Waals surface area contributed by atoms with Gasteiger partial charge in [0.25, 0.3) is 11.6 Å². The van der Waals surface area contributed by atoms with Crippen LogP contribution in [0.1, 0.15) is 42.5 Å². The molecule has 1 fully saturated rings. The minimum Gasteiger partial charge on any atom is -0.349 e. The highest BCUT2D eigenvalue weighted by Gasteiger charge is 2.22. The van der Waals surface area contributed by atoms with E-state index in [1.807, 2.05) is 0 Å². The molecule has 1 N–H and O–H groups in total. The predicted molar refractivity (Wildman–Crippen MR) is 72.4 cm³/mol.